The summed E-state index contributed by atoms with van der Waals surface area (Å²) in [6.07, 6.45) is 3.54. The van der Waals surface area contributed by atoms with E-state index >= 15 is 0 Å². The van der Waals surface area contributed by atoms with Crippen LogP contribution in [0.2, 0.25) is 0 Å². The van der Waals surface area contributed by atoms with Crippen molar-refractivity contribution in [2.75, 3.05) is 6.54 Å². The summed E-state index contributed by atoms with van der Waals surface area (Å²) < 4.78 is 14.4. The average molecular weight is 328 g/mol. The molecule has 3 heteroatoms. The van der Waals surface area contributed by atoms with Crippen LogP contribution in [0.25, 0.3) is 0 Å². The molecule has 2 rings (SSSR count). The molecule has 0 heterocycles. The molecule has 1 N–H and O–H groups in total. The van der Waals surface area contributed by atoms with Crippen molar-refractivity contribution in [1.82, 2.24) is 5.32 Å². The van der Waals surface area contributed by atoms with Crippen molar-refractivity contribution in [3.8, 4) is 0 Å². The molecule has 0 aliphatic heterocycles. The lowest BCUT2D eigenvalue weighted by molar-refractivity contribution is 0.248. The van der Waals surface area contributed by atoms with Gasteiger partial charge in [-0.3, -0.25) is 0 Å². The molecule has 1 aromatic rings. The molecule has 1 aliphatic carbocycles. The summed E-state index contributed by atoms with van der Waals surface area (Å²) in [6, 6.07) is 5.48. The van der Waals surface area contributed by atoms with E-state index in [4.69, 9.17) is 0 Å². The Balaban J connectivity index is 2.13. The minimum Gasteiger partial charge on any atom is -0.314 e. The highest BCUT2D eigenvalue weighted by molar-refractivity contribution is 9.10. The van der Waals surface area contributed by atoms with Gasteiger partial charge in [0.05, 0.1) is 0 Å². The molecule has 0 radical (unpaired) electrons. The first-order valence-electron chi connectivity index (χ1n) is 7.08. The van der Waals surface area contributed by atoms with Gasteiger partial charge in [0.2, 0.25) is 0 Å². The summed E-state index contributed by atoms with van der Waals surface area (Å²) in [7, 11) is 0. The molecule has 0 amide bonds. The second-order valence-electron chi connectivity index (χ2n) is 6.38. The third-order valence-corrected chi connectivity index (χ3v) is 4.85. The number of rotatable bonds is 6. The highest BCUT2D eigenvalue weighted by Gasteiger charge is 2.41. The van der Waals surface area contributed by atoms with Crippen LogP contribution in [-0.2, 0) is 6.42 Å². The number of halogens is 2. The van der Waals surface area contributed by atoms with Gasteiger partial charge in [-0.25, -0.2) is 4.39 Å². The van der Waals surface area contributed by atoms with Crippen molar-refractivity contribution in [2.24, 2.45) is 11.3 Å². The third-order valence-electron chi connectivity index (χ3n) is 4.08. The average Bonchev–Trinajstić information content (AvgIpc) is 3.16. The standard InChI is InChI=1S/C16H23BrFN/c1-11(2)19-10-16(3,13-4-5-13)9-12-8-14(18)6-7-15(12)17/h6-8,11,13,19H,4-5,9-10H2,1-3H3. The molecular weight excluding hydrogens is 305 g/mol. The number of hydrogen-bond acceptors (Lipinski definition) is 1. The van der Waals surface area contributed by atoms with E-state index in [1.54, 1.807) is 6.07 Å². The van der Waals surface area contributed by atoms with Gasteiger partial charge in [0.25, 0.3) is 0 Å². The van der Waals surface area contributed by atoms with E-state index in [1.807, 2.05) is 6.07 Å². The first kappa shape index (κ1) is 15.0. The van der Waals surface area contributed by atoms with Crippen LogP contribution in [-0.4, -0.2) is 12.6 Å². The van der Waals surface area contributed by atoms with Gasteiger partial charge in [0.1, 0.15) is 5.82 Å². The monoisotopic (exact) mass is 327 g/mol. The number of nitrogens with one attached hydrogen (secondary N) is 1. The quantitative estimate of drug-likeness (QED) is 0.808. The molecule has 1 aromatic carbocycles. The molecule has 0 aromatic heterocycles. The van der Waals surface area contributed by atoms with Crippen LogP contribution in [0.15, 0.2) is 22.7 Å². The van der Waals surface area contributed by atoms with Crippen molar-refractivity contribution in [3.63, 3.8) is 0 Å². The Bertz CT molecular complexity index is 442. The molecular formula is C16H23BrFN. The zero-order valence-electron chi connectivity index (χ0n) is 12.0. The predicted molar refractivity (Wildman–Crippen MR) is 81.8 cm³/mol. The Morgan fingerprint density at radius 1 is 1.42 bits per heavy atom. The molecule has 0 spiro atoms. The lowest BCUT2D eigenvalue weighted by Crippen LogP contribution is -2.38. The van der Waals surface area contributed by atoms with Gasteiger partial charge in [-0.15, -0.1) is 0 Å². The summed E-state index contributed by atoms with van der Waals surface area (Å²) in [6.45, 7) is 7.67. The minimum atomic E-state index is -0.145. The van der Waals surface area contributed by atoms with E-state index in [1.165, 1.54) is 18.9 Å². The summed E-state index contributed by atoms with van der Waals surface area (Å²) in [5.41, 5.74) is 1.31. The van der Waals surface area contributed by atoms with E-state index in [0.29, 0.717) is 6.04 Å². The second-order valence-corrected chi connectivity index (χ2v) is 7.23. The maximum Gasteiger partial charge on any atom is 0.123 e. The van der Waals surface area contributed by atoms with Crippen LogP contribution in [0.3, 0.4) is 0 Å². The molecule has 19 heavy (non-hydrogen) atoms. The van der Waals surface area contributed by atoms with Crippen LogP contribution in [0.4, 0.5) is 4.39 Å². The molecule has 1 fully saturated rings. The van der Waals surface area contributed by atoms with Crippen molar-refractivity contribution in [3.05, 3.63) is 34.1 Å². The molecule has 1 unspecified atom stereocenters. The Morgan fingerprint density at radius 3 is 2.68 bits per heavy atom. The van der Waals surface area contributed by atoms with Gasteiger partial charge >= 0.3 is 0 Å². The third kappa shape index (κ3) is 4.03. The Kier molecular flexibility index (Phi) is 4.67. The largest absolute Gasteiger partial charge is 0.314 e. The van der Waals surface area contributed by atoms with E-state index in [-0.39, 0.29) is 11.2 Å². The summed E-state index contributed by atoms with van der Waals surface area (Å²) in [5.74, 6) is 0.627. The summed E-state index contributed by atoms with van der Waals surface area (Å²) in [5, 5.41) is 3.55. The van der Waals surface area contributed by atoms with E-state index in [9.17, 15) is 4.39 Å². The molecule has 1 aliphatic rings. The van der Waals surface area contributed by atoms with Crippen molar-refractivity contribution < 1.29 is 4.39 Å². The van der Waals surface area contributed by atoms with Crippen molar-refractivity contribution in [1.29, 1.82) is 0 Å². The zero-order chi connectivity index (χ0) is 14.0. The van der Waals surface area contributed by atoms with E-state index in [2.05, 4.69) is 42.0 Å². The smallest absolute Gasteiger partial charge is 0.123 e. The predicted octanol–water partition coefficient (Wildman–Crippen LogP) is 4.55. The second kappa shape index (κ2) is 5.92. The maximum atomic E-state index is 13.4. The first-order valence-corrected chi connectivity index (χ1v) is 7.87. The Morgan fingerprint density at radius 2 is 2.11 bits per heavy atom. The van der Waals surface area contributed by atoms with Crippen LogP contribution in [0.1, 0.15) is 39.2 Å². The summed E-state index contributed by atoms with van der Waals surface area (Å²) >= 11 is 3.55. The fourth-order valence-corrected chi connectivity index (χ4v) is 3.07. The number of benzene rings is 1. The molecule has 0 saturated heterocycles. The SMILES string of the molecule is CC(C)NCC(C)(Cc1cc(F)ccc1Br)C1CC1. The lowest BCUT2D eigenvalue weighted by atomic mass is 9.78. The number of hydrogen-bond donors (Lipinski definition) is 1. The highest BCUT2D eigenvalue weighted by atomic mass is 79.9. The first-order chi connectivity index (χ1) is 8.90. The van der Waals surface area contributed by atoms with Gasteiger partial charge in [-0.2, -0.15) is 0 Å². The van der Waals surface area contributed by atoms with E-state index < -0.39 is 0 Å². The van der Waals surface area contributed by atoms with Gasteiger partial charge in [-0.1, -0.05) is 36.7 Å². The zero-order valence-corrected chi connectivity index (χ0v) is 13.6. The summed E-state index contributed by atoms with van der Waals surface area (Å²) in [4.78, 5) is 0. The lowest BCUT2D eigenvalue weighted by Gasteiger charge is -2.32. The molecule has 106 valence electrons. The molecule has 1 atom stereocenters. The van der Waals surface area contributed by atoms with Gasteiger partial charge in [0.15, 0.2) is 0 Å². The van der Waals surface area contributed by atoms with Crippen LogP contribution < -0.4 is 5.32 Å². The fourth-order valence-electron chi connectivity index (χ4n) is 2.68. The van der Waals surface area contributed by atoms with Gasteiger partial charge < -0.3 is 5.32 Å². The maximum absolute atomic E-state index is 13.4. The minimum absolute atomic E-state index is 0.145. The van der Waals surface area contributed by atoms with Gasteiger partial charge in [0, 0.05) is 17.1 Å². The molecule has 1 nitrogen and oxygen atoms in total. The van der Waals surface area contributed by atoms with Crippen LogP contribution in [0.5, 0.6) is 0 Å². The molecule has 1 saturated carbocycles. The normalized spacial score (nSPS) is 18.6. The Labute approximate surface area is 124 Å². The van der Waals surface area contributed by atoms with Crippen LogP contribution in [0, 0.1) is 17.2 Å². The van der Waals surface area contributed by atoms with Gasteiger partial charge in [-0.05, 0) is 54.4 Å². The highest BCUT2D eigenvalue weighted by Crippen LogP contribution is 2.47. The fraction of sp³-hybridized carbons (Fsp3) is 0.625. The topological polar surface area (TPSA) is 12.0 Å². The molecule has 0 bridgehead atoms. The Hall–Kier alpha value is -0.410. The van der Waals surface area contributed by atoms with Crippen molar-refractivity contribution in [2.45, 2.75) is 46.1 Å². The van der Waals surface area contributed by atoms with Crippen LogP contribution >= 0.6 is 15.9 Å². The van der Waals surface area contributed by atoms with Crippen molar-refractivity contribution >= 4 is 15.9 Å². The van der Waals surface area contributed by atoms with E-state index in [0.717, 1.165) is 28.9 Å².